The molecule has 0 aromatic rings. The molecule has 0 heterocycles. The number of alkyl halides is 3. The molecule has 0 spiro atoms. The van der Waals surface area contributed by atoms with Gasteiger partial charge in [0.2, 0.25) is 0 Å². The fourth-order valence-corrected chi connectivity index (χ4v) is 1.85. The van der Waals surface area contributed by atoms with Gasteiger partial charge in [-0.25, -0.2) is 0 Å². The Hall–Kier alpha value is 0.856. The van der Waals surface area contributed by atoms with Gasteiger partial charge in [0.05, 0.1) is 0 Å². The third kappa shape index (κ3) is 1.92. The zero-order chi connectivity index (χ0) is 7.78. The van der Waals surface area contributed by atoms with Gasteiger partial charge in [-0.2, -0.15) is 0 Å². The molecule has 0 amide bonds. The van der Waals surface area contributed by atoms with Gasteiger partial charge in [-0.3, -0.25) is 0 Å². The van der Waals surface area contributed by atoms with Crippen molar-refractivity contribution in [1.82, 2.24) is 0 Å². The third-order valence-electron chi connectivity index (χ3n) is 1.16. The molecule has 0 atom stereocenters. The van der Waals surface area contributed by atoms with E-state index in [1.54, 1.807) is 6.08 Å². The summed E-state index contributed by atoms with van der Waals surface area (Å²) in [6.45, 7) is 0. The van der Waals surface area contributed by atoms with E-state index in [9.17, 15) is 0 Å². The van der Waals surface area contributed by atoms with E-state index in [0.29, 0.717) is 5.57 Å². The van der Waals surface area contributed by atoms with Gasteiger partial charge in [0.15, 0.2) is 0 Å². The second kappa shape index (κ2) is 3.07. The molecule has 58 valence electrons. The van der Waals surface area contributed by atoms with E-state index in [1.165, 1.54) is 0 Å². The van der Waals surface area contributed by atoms with E-state index >= 15 is 0 Å². The van der Waals surface area contributed by atoms with Gasteiger partial charge < -0.3 is 0 Å². The van der Waals surface area contributed by atoms with Crippen LogP contribution in [0.1, 0.15) is 6.42 Å². The monoisotopic (exact) mass is 240 g/mol. The van der Waals surface area contributed by atoms with Crippen LogP contribution in [0, 0.1) is 0 Å². The van der Waals surface area contributed by atoms with Crippen LogP contribution in [0.4, 0.5) is 0 Å². The van der Waals surface area contributed by atoms with Crippen molar-refractivity contribution in [2.24, 2.45) is 0 Å². The Morgan fingerprint density at radius 2 is 2.00 bits per heavy atom. The molecule has 0 saturated heterocycles. The Kier molecular flexibility index (Phi) is 2.75. The van der Waals surface area contributed by atoms with Crippen LogP contribution in [0.15, 0.2) is 22.2 Å². The van der Waals surface area contributed by atoms with Crippen LogP contribution in [0.5, 0.6) is 0 Å². The van der Waals surface area contributed by atoms with Gasteiger partial charge in [0.1, 0.15) is 0 Å². The first-order chi connectivity index (χ1) is 4.52. The molecular formula is C6H4Cl3Co. The molecule has 1 aliphatic carbocycles. The standard InChI is InChI=1S/C6H4Cl3.Co/c7-6(8,9)5-3-1-2-4-5;/h1,3H,2H2;. The number of hydrogen-bond donors (Lipinski definition) is 0. The fraction of sp³-hybridized carbons (Fsp3) is 0.333. The van der Waals surface area contributed by atoms with E-state index in [4.69, 9.17) is 34.8 Å². The number of rotatable bonds is 0. The summed E-state index contributed by atoms with van der Waals surface area (Å²) < 4.78 is -0.491. The summed E-state index contributed by atoms with van der Waals surface area (Å²) >= 11 is 21.0. The quantitative estimate of drug-likeness (QED) is 0.572. The molecule has 0 unspecified atom stereocenters. The molecule has 1 rings (SSSR count). The van der Waals surface area contributed by atoms with E-state index in [1.807, 2.05) is 6.08 Å². The topological polar surface area (TPSA) is 0 Å². The Morgan fingerprint density at radius 1 is 1.40 bits per heavy atom. The van der Waals surface area contributed by atoms with Crippen molar-refractivity contribution in [2.75, 3.05) is 0 Å². The van der Waals surface area contributed by atoms with Gasteiger partial charge in [0, 0.05) is 0 Å². The average Bonchev–Trinajstić information content (AvgIpc) is 2.11. The maximum atomic E-state index is 5.61. The molecule has 0 aromatic heterocycles. The van der Waals surface area contributed by atoms with Crippen molar-refractivity contribution in [3.8, 4) is 0 Å². The Labute approximate surface area is 82.8 Å². The summed E-state index contributed by atoms with van der Waals surface area (Å²) in [4.78, 5) is 0. The summed E-state index contributed by atoms with van der Waals surface area (Å²) in [5.41, 5.74) is 0.678. The van der Waals surface area contributed by atoms with E-state index in [2.05, 4.69) is 15.7 Å². The molecule has 4 heteroatoms. The molecule has 0 radical (unpaired) electrons. The predicted octanol–water partition coefficient (Wildman–Crippen LogP) is 3.12. The maximum absolute atomic E-state index is 5.61. The number of hydrogen-bond acceptors (Lipinski definition) is 0. The minimum absolute atomic E-state index is 0.678. The van der Waals surface area contributed by atoms with Crippen LogP contribution >= 0.6 is 34.8 Å². The molecule has 1 aliphatic rings. The zero-order valence-corrected chi connectivity index (χ0v) is 8.14. The minimum atomic E-state index is -1.32. The first kappa shape index (κ1) is 8.95. The van der Waals surface area contributed by atoms with Gasteiger partial charge >= 0.3 is 83.0 Å². The van der Waals surface area contributed by atoms with E-state index in [-0.39, 0.29) is 0 Å². The second-order valence-corrected chi connectivity index (χ2v) is 4.81. The van der Waals surface area contributed by atoms with Crippen molar-refractivity contribution in [2.45, 2.75) is 10.2 Å². The molecule has 0 aromatic carbocycles. The van der Waals surface area contributed by atoms with E-state index in [0.717, 1.165) is 10.9 Å². The van der Waals surface area contributed by atoms with Crippen molar-refractivity contribution in [3.63, 3.8) is 0 Å². The summed E-state index contributed by atoms with van der Waals surface area (Å²) in [6, 6.07) is 0. The van der Waals surface area contributed by atoms with Crippen molar-refractivity contribution in [1.29, 1.82) is 0 Å². The van der Waals surface area contributed by atoms with Gasteiger partial charge in [-0.15, -0.1) is 0 Å². The normalized spacial score (nSPS) is 18.9. The molecule has 0 fully saturated rings. The van der Waals surface area contributed by atoms with E-state index < -0.39 is 3.79 Å². The fourth-order valence-electron chi connectivity index (χ4n) is 0.714. The van der Waals surface area contributed by atoms with Crippen molar-refractivity contribution >= 4 is 34.8 Å². The van der Waals surface area contributed by atoms with Crippen LogP contribution in [0.3, 0.4) is 0 Å². The van der Waals surface area contributed by atoms with Crippen LogP contribution in [0.2, 0.25) is 0 Å². The average molecular weight is 241 g/mol. The summed E-state index contributed by atoms with van der Waals surface area (Å²) in [5.74, 6) is 0. The van der Waals surface area contributed by atoms with Gasteiger partial charge in [0.25, 0.3) is 0 Å². The van der Waals surface area contributed by atoms with Gasteiger partial charge in [-0.05, 0) is 0 Å². The third-order valence-corrected chi connectivity index (χ3v) is 2.26. The van der Waals surface area contributed by atoms with Crippen molar-refractivity contribution in [3.05, 3.63) is 22.2 Å². The first-order valence-corrected chi connectivity index (χ1v) is 4.27. The molecule has 0 aliphatic heterocycles. The second-order valence-electron chi connectivity index (χ2n) is 1.90. The zero-order valence-electron chi connectivity index (χ0n) is 4.83. The molecule has 0 N–H and O–H groups in total. The van der Waals surface area contributed by atoms with Crippen LogP contribution in [0.25, 0.3) is 0 Å². The summed E-state index contributed by atoms with van der Waals surface area (Å²) in [7, 11) is 0. The Bertz CT molecular complexity index is 200. The molecule has 0 bridgehead atoms. The molecular weight excluding hydrogens is 237 g/mol. The SMILES string of the molecule is ClC(Cl)(Cl)C1=[C]([Co])CC=C1. The summed E-state index contributed by atoms with van der Waals surface area (Å²) in [6.07, 6.45) is 4.47. The Morgan fingerprint density at radius 3 is 2.20 bits per heavy atom. The number of allylic oxidation sites excluding steroid dienone is 4. The molecule has 0 nitrogen and oxygen atoms in total. The molecule has 0 saturated carbocycles. The predicted molar refractivity (Wildman–Crippen MR) is 41.1 cm³/mol. The van der Waals surface area contributed by atoms with Crippen LogP contribution in [-0.4, -0.2) is 3.79 Å². The van der Waals surface area contributed by atoms with Crippen molar-refractivity contribution < 1.29 is 15.7 Å². The molecule has 10 heavy (non-hydrogen) atoms. The van der Waals surface area contributed by atoms with Crippen LogP contribution < -0.4 is 0 Å². The Balaban J connectivity index is 2.91. The number of halogens is 3. The van der Waals surface area contributed by atoms with Gasteiger partial charge in [-0.1, -0.05) is 0 Å². The first-order valence-electron chi connectivity index (χ1n) is 2.62. The van der Waals surface area contributed by atoms with Crippen LogP contribution in [-0.2, 0) is 15.7 Å². The summed E-state index contributed by atoms with van der Waals surface area (Å²) in [5, 5.41) is 0.